The molecule has 0 amide bonds. The zero-order valence-corrected chi connectivity index (χ0v) is 39.9. The van der Waals surface area contributed by atoms with Gasteiger partial charge in [-0.1, -0.05) is 208 Å². The summed E-state index contributed by atoms with van der Waals surface area (Å²) in [6.07, 6.45) is 0. The summed E-state index contributed by atoms with van der Waals surface area (Å²) in [6, 6.07) is 82.2. The van der Waals surface area contributed by atoms with Crippen molar-refractivity contribution in [2.45, 2.75) is 24.7 Å². The smallest absolute Gasteiger partial charge is 0.0713 e. The maximum absolute atomic E-state index is 9.56. The third-order valence-corrected chi connectivity index (χ3v) is 15.6. The average Bonchev–Trinajstić information content (AvgIpc) is 4.25. The van der Waals surface area contributed by atoms with Crippen molar-refractivity contribution in [1.29, 1.82) is 0 Å². The summed E-state index contributed by atoms with van der Waals surface area (Å²) in [5.74, 6) is 0. The Labute approximate surface area is 428 Å². The average molecular weight is 924 g/mol. The molecule has 0 radical (unpaired) electrons. The Hall–Kier alpha value is -8.98. The predicted octanol–water partition coefficient (Wildman–Crippen LogP) is 18.3. The van der Waals surface area contributed by atoms with Gasteiger partial charge in [0.1, 0.15) is 0 Å². The molecule has 0 aliphatic heterocycles. The second kappa shape index (κ2) is 16.3. The molecule has 0 saturated heterocycles. The molecule has 0 spiro atoms. The van der Waals surface area contributed by atoms with Gasteiger partial charge < -0.3 is 9.47 Å². The van der Waals surface area contributed by atoms with Gasteiger partial charge in [0.05, 0.1) is 23.3 Å². The monoisotopic (exact) mass is 923 g/mol. The Morgan fingerprint density at radius 1 is 0.361 bits per heavy atom. The van der Waals surface area contributed by atoms with Crippen LogP contribution in [0.4, 0.5) is 17.1 Å². The standard InChI is InChI=1S/C70H50N2/c1-69(2)63-27-15-12-24-57(63)60-41-40-56(46-66(60)69)71(54-36-30-48(31-37-54)47-18-6-3-7-19-47)55-38-32-49(33-39-55)50-34-42-67-61(44-50)62-45-52(35-43-68(62)72(67)53-22-10-5-11-23-53)70(51-20-8-4-9-21-51)64-28-16-13-25-58(64)59-26-14-17-29-65(59)70/h3-46H,1-2H3/i4D,8D,9D,20D,21D. The van der Waals surface area contributed by atoms with E-state index in [2.05, 4.69) is 230 Å². The van der Waals surface area contributed by atoms with E-state index >= 15 is 0 Å². The van der Waals surface area contributed by atoms with Gasteiger partial charge >= 0.3 is 0 Å². The number of benzene rings is 11. The van der Waals surface area contributed by atoms with Crippen LogP contribution in [0.1, 0.15) is 54.1 Å². The van der Waals surface area contributed by atoms with Crippen LogP contribution < -0.4 is 4.90 Å². The van der Waals surface area contributed by atoms with Crippen LogP contribution >= 0.6 is 0 Å². The molecule has 2 nitrogen and oxygen atoms in total. The minimum atomic E-state index is -1.24. The van der Waals surface area contributed by atoms with Crippen molar-refractivity contribution in [2.75, 3.05) is 4.90 Å². The number of hydrogen-bond donors (Lipinski definition) is 0. The van der Waals surface area contributed by atoms with E-state index in [1.54, 1.807) is 0 Å². The Balaban J connectivity index is 0.941. The summed E-state index contributed by atoms with van der Waals surface area (Å²) in [5, 5.41) is 2.02. The van der Waals surface area contributed by atoms with Gasteiger partial charge in [0.25, 0.3) is 0 Å². The first-order valence-corrected chi connectivity index (χ1v) is 24.8. The molecule has 11 aromatic carbocycles. The molecule has 0 bridgehead atoms. The molecule has 1 heterocycles. The zero-order chi connectivity index (χ0) is 52.3. The van der Waals surface area contributed by atoms with Crippen LogP contribution in [0, 0.1) is 0 Å². The van der Waals surface area contributed by atoms with E-state index < -0.39 is 11.5 Å². The molecule has 14 rings (SSSR count). The van der Waals surface area contributed by atoms with Crippen LogP contribution in [0.5, 0.6) is 0 Å². The molecule has 2 heteroatoms. The summed E-state index contributed by atoms with van der Waals surface area (Å²) in [6.45, 7) is 4.66. The second-order valence-corrected chi connectivity index (χ2v) is 19.7. The number of aromatic nitrogens is 1. The number of fused-ring (bicyclic) bond motifs is 9. The highest BCUT2D eigenvalue weighted by Gasteiger charge is 2.46. The molecule has 0 unspecified atom stereocenters. The van der Waals surface area contributed by atoms with Crippen LogP contribution in [-0.4, -0.2) is 4.57 Å². The third kappa shape index (κ3) is 6.28. The van der Waals surface area contributed by atoms with E-state index in [1.807, 2.05) is 30.3 Å². The van der Waals surface area contributed by atoms with E-state index in [1.165, 1.54) is 27.8 Å². The van der Waals surface area contributed by atoms with E-state index in [4.69, 9.17) is 4.11 Å². The highest BCUT2D eigenvalue weighted by Crippen LogP contribution is 2.57. The maximum Gasteiger partial charge on any atom is 0.0713 e. The van der Waals surface area contributed by atoms with Crippen LogP contribution in [0.15, 0.2) is 267 Å². The summed E-state index contributed by atoms with van der Waals surface area (Å²) < 4.78 is 48.0. The minimum Gasteiger partial charge on any atom is -0.310 e. The van der Waals surface area contributed by atoms with Crippen molar-refractivity contribution in [3.05, 3.63) is 300 Å². The Morgan fingerprint density at radius 3 is 1.47 bits per heavy atom. The van der Waals surface area contributed by atoms with Crippen molar-refractivity contribution < 1.29 is 6.85 Å². The van der Waals surface area contributed by atoms with E-state index in [0.717, 1.165) is 89.1 Å². The SMILES string of the molecule is [2H]c1c([2H])c([2H])c(C2(c3ccc4c(c3)c3cc(-c5ccc(N(c6ccc(-c7ccccc7)cc6)c6ccc7c(c6)C(C)(C)c6ccccc6-7)cc5)ccc3n4-c3ccccc3)c3ccccc3-c3ccccc32)c([2H])c1[2H]. The number of para-hydroxylation sites is 1. The maximum atomic E-state index is 9.56. The van der Waals surface area contributed by atoms with Crippen LogP contribution in [0.25, 0.3) is 72.0 Å². The predicted molar refractivity (Wildman–Crippen MR) is 301 cm³/mol. The van der Waals surface area contributed by atoms with Crippen LogP contribution in [0.3, 0.4) is 0 Å². The van der Waals surface area contributed by atoms with Gasteiger partial charge in [0.15, 0.2) is 0 Å². The summed E-state index contributed by atoms with van der Waals surface area (Å²) in [7, 11) is 0. The first-order chi connectivity index (χ1) is 37.5. The fraction of sp³-hybridized carbons (Fsp3) is 0.0571. The molecule has 0 fully saturated rings. The van der Waals surface area contributed by atoms with E-state index in [0.29, 0.717) is 0 Å². The summed E-state index contributed by atoms with van der Waals surface area (Å²) >= 11 is 0. The normalized spacial score (nSPS) is 14.6. The molecule has 1 aromatic heterocycles. The molecule has 0 atom stereocenters. The number of hydrogen-bond acceptors (Lipinski definition) is 1. The fourth-order valence-electron chi connectivity index (χ4n) is 12.2. The molecular weight excluding hydrogens is 869 g/mol. The van der Waals surface area contributed by atoms with Crippen molar-refractivity contribution in [1.82, 2.24) is 4.57 Å². The van der Waals surface area contributed by atoms with Gasteiger partial charge in [-0.2, -0.15) is 0 Å². The molecule has 0 N–H and O–H groups in total. The number of rotatable bonds is 8. The summed E-state index contributed by atoms with van der Waals surface area (Å²) in [5.41, 5.74) is 19.3. The molecule has 0 saturated carbocycles. The highest BCUT2D eigenvalue weighted by atomic mass is 15.1. The first kappa shape index (κ1) is 36.9. The lowest BCUT2D eigenvalue weighted by Crippen LogP contribution is -2.28. The zero-order valence-electron chi connectivity index (χ0n) is 44.9. The third-order valence-electron chi connectivity index (χ3n) is 15.6. The number of anilines is 3. The second-order valence-electron chi connectivity index (χ2n) is 19.7. The molecule has 12 aromatic rings. The van der Waals surface area contributed by atoms with Crippen LogP contribution in [0.2, 0.25) is 0 Å². The molecule has 2 aliphatic carbocycles. The lowest BCUT2D eigenvalue weighted by Gasteiger charge is -2.34. The Morgan fingerprint density at radius 2 is 0.833 bits per heavy atom. The minimum absolute atomic E-state index is 0.162. The topological polar surface area (TPSA) is 8.17 Å². The summed E-state index contributed by atoms with van der Waals surface area (Å²) in [4.78, 5) is 2.36. The van der Waals surface area contributed by atoms with Gasteiger partial charge in [-0.15, -0.1) is 0 Å². The van der Waals surface area contributed by atoms with Crippen LogP contribution in [-0.2, 0) is 10.8 Å². The van der Waals surface area contributed by atoms with Gasteiger partial charge in [0.2, 0.25) is 0 Å². The lowest BCUT2D eigenvalue weighted by atomic mass is 9.67. The fourth-order valence-corrected chi connectivity index (χ4v) is 12.2. The number of nitrogens with zero attached hydrogens (tertiary/aromatic N) is 2. The van der Waals surface area contributed by atoms with Crippen molar-refractivity contribution in [2.24, 2.45) is 0 Å². The lowest BCUT2D eigenvalue weighted by molar-refractivity contribution is 0.660. The molecule has 340 valence electrons. The molecule has 72 heavy (non-hydrogen) atoms. The Kier molecular flexibility index (Phi) is 8.36. The quantitative estimate of drug-likeness (QED) is 0.147. The van der Waals surface area contributed by atoms with Crippen molar-refractivity contribution in [3.8, 4) is 50.2 Å². The van der Waals surface area contributed by atoms with Crippen molar-refractivity contribution >= 4 is 38.9 Å². The largest absolute Gasteiger partial charge is 0.310 e. The molecular formula is C70H50N2. The van der Waals surface area contributed by atoms with Crippen molar-refractivity contribution in [3.63, 3.8) is 0 Å². The van der Waals surface area contributed by atoms with Gasteiger partial charge in [-0.05, 0) is 151 Å². The van der Waals surface area contributed by atoms with E-state index in [-0.39, 0.29) is 35.1 Å². The molecule has 2 aliphatic rings. The van der Waals surface area contributed by atoms with Gasteiger partial charge in [0, 0.05) is 38.9 Å². The van der Waals surface area contributed by atoms with Gasteiger partial charge in [-0.25, -0.2) is 0 Å². The van der Waals surface area contributed by atoms with Gasteiger partial charge in [-0.3, -0.25) is 0 Å². The Bertz CT molecular complexity index is 4280. The first-order valence-electron chi connectivity index (χ1n) is 27.3. The van der Waals surface area contributed by atoms with E-state index in [9.17, 15) is 2.74 Å². The highest BCUT2D eigenvalue weighted by molar-refractivity contribution is 6.11.